The van der Waals surface area contributed by atoms with Gasteiger partial charge in [0.1, 0.15) is 4.90 Å². The summed E-state index contributed by atoms with van der Waals surface area (Å²) in [5, 5.41) is 0.307. The van der Waals surface area contributed by atoms with E-state index >= 15 is 0 Å². The van der Waals surface area contributed by atoms with E-state index in [2.05, 4.69) is 19.8 Å². The van der Waals surface area contributed by atoms with Crippen LogP contribution in [0.2, 0.25) is 5.02 Å². The topological polar surface area (TPSA) is 86.7 Å². The predicted octanol–water partition coefficient (Wildman–Crippen LogP) is 1.88. The number of aromatic nitrogens is 2. The number of halogens is 1. The van der Waals surface area contributed by atoms with Gasteiger partial charge in [0.15, 0.2) is 0 Å². The minimum Gasteiger partial charge on any atom is -0.338 e. The number of carbonyl (C=O) groups is 1. The summed E-state index contributed by atoms with van der Waals surface area (Å²) in [4.78, 5) is 25.5. The SMILES string of the molecule is O=C1c2ccc(Cl)cc2S(=O)(=O)N1CCCCN1CCN(c2ncccn2)CC1. The molecule has 1 fully saturated rings. The first-order valence-corrected chi connectivity index (χ1v) is 11.4. The van der Waals surface area contributed by atoms with Crippen molar-refractivity contribution in [2.24, 2.45) is 0 Å². The highest BCUT2D eigenvalue weighted by molar-refractivity contribution is 7.90. The molecule has 154 valence electrons. The summed E-state index contributed by atoms with van der Waals surface area (Å²) in [6.07, 6.45) is 4.93. The van der Waals surface area contributed by atoms with Gasteiger partial charge in [-0.05, 0) is 43.7 Å². The monoisotopic (exact) mass is 435 g/mol. The number of amides is 1. The molecule has 0 spiro atoms. The molecule has 2 aliphatic rings. The van der Waals surface area contributed by atoms with Crippen molar-refractivity contribution >= 4 is 33.5 Å². The minimum absolute atomic E-state index is 0.00857. The summed E-state index contributed by atoms with van der Waals surface area (Å²) in [6.45, 7) is 4.58. The van der Waals surface area contributed by atoms with E-state index in [0.717, 1.165) is 49.4 Å². The summed E-state index contributed by atoms with van der Waals surface area (Å²) in [7, 11) is -3.80. The van der Waals surface area contributed by atoms with Gasteiger partial charge in [-0.2, -0.15) is 0 Å². The largest absolute Gasteiger partial charge is 0.338 e. The first-order valence-electron chi connectivity index (χ1n) is 9.58. The molecule has 8 nitrogen and oxygen atoms in total. The van der Waals surface area contributed by atoms with Gasteiger partial charge in [-0.3, -0.25) is 9.69 Å². The van der Waals surface area contributed by atoms with E-state index in [1.165, 1.54) is 18.2 Å². The molecular weight excluding hydrogens is 414 g/mol. The Morgan fingerprint density at radius 2 is 1.69 bits per heavy atom. The van der Waals surface area contributed by atoms with Crippen LogP contribution in [0.4, 0.5) is 5.95 Å². The van der Waals surface area contributed by atoms with Crippen LogP contribution in [-0.2, 0) is 10.0 Å². The maximum Gasteiger partial charge on any atom is 0.269 e. The zero-order valence-corrected chi connectivity index (χ0v) is 17.4. The Kier molecular flexibility index (Phi) is 5.71. The van der Waals surface area contributed by atoms with Crippen molar-refractivity contribution < 1.29 is 13.2 Å². The number of rotatable bonds is 6. The maximum absolute atomic E-state index is 12.6. The van der Waals surface area contributed by atoms with Gasteiger partial charge >= 0.3 is 0 Å². The fraction of sp³-hybridized carbons (Fsp3) is 0.421. The van der Waals surface area contributed by atoms with Crippen LogP contribution in [0.5, 0.6) is 0 Å². The van der Waals surface area contributed by atoms with Crippen LogP contribution >= 0.6 is 11.6 Å². The van der Waals surface area contributed by atoms with Gasteiger partial charge in [-0.15, -0.1) is 0 Å². The van der Waals surface area contributed by atoms with Crippen molar-refractivity contribution in [3.63, 3.8) is 0 Å². The Bertz CT molecular complexity index is 994. The number of unbranched alkanes of at least 4 members (excludes halogenated alkanes) is 1. The maximum atomic E-state index is 12.6. The highest BCUT2D eigenvalue weighted by Gasteiger charge is 2.40. The zero-order valence-electron chi connectivity index (χ0n) is 15.9. The van der Waals surface area contributed by atoms with Gasteiger partial charge in [-0.1, -0.05) is 11.6 Å². The lowest BCUT2D eigenvalue weighted by atomic mass is 10.2. The molecule has 4 rings (SSSR count). The highest BCUT2D eigenvalue weighted by Crippen LogP contribution is 2.32. The van der Waals surface area contributed by atoms with E-state index in [9.17, 15) is 13.2 Å². The third kappa shape index (κ3) is 4.08. The quantitative estimate of drug-likeness (QED) is 0.640. The molecule has 0 saturated carbocycles. The number of hydrogen-bond acceptors (Lipinski definition) is 7. The first-order chi connectivity index (χ1) is 14.0. The lowest BCUT2D eigenvalue weighted by Crippen LogP contribution is -2.47. The standard InChI is InChI=1S/C19H22ClN5O3S/c20-15-4-5-16-17(14-15)29(27,28)25(18(16)26)9-2-1-8-23-10-12-24(13-11-23)19-21-6-3-7-22-19/h3-7,14H,1-2,8-13H2. The molecule has 3 heterocycles. The van der Waals surface area contributed by atoms with Crippen molar-refractivity contribution in [3.05, 3.63) is 47.2 Å². The second kappa shape index (κ2) is 8.25. The fourth-order valence-electron chi connectivity index (χ4n) is 3.69. The normalized spacial score (nSPS) is 18.9. The summed E-state index contributed by atoms with van der Waals surface area (Å²) in [6, 6.07) is 6.17. The highest BCUT2D eigenvalue weighted by atomic mass is 35.5. The third-order valence-electron chi connectivity index (χ3n) is 5.26. The third-order valence-corrected chi connectivity index (χ3v) is 7.32. The predicted molar refractivity (Wildman–Crippen MR) is 110 cm³/mol. The lowest BCUT2D eigenvalue weighted by Gasteiger charge is -2.34. The van der Waals surface area contributed by atoms with Crippen LogP contribution in [0.25, 0.3) is 0 Å². The van der Waals surface area contributed by atoms with Crippen LogP contribution in [0.15, 0.2) is 41.6 Å². The van der Waals surface area contributed by atoms with Gasteiger partial charge in [0.2, 0.25) is 5.95 Å². The number of fused-ring (bicyclic) bond motifs is 1. The molecule has 0 atom stereocenters. The van der Waals surface area contributed by atoms with E-state index in [0.29, 0.717) is 11.4 Å². The zero-order chi connectivity index (χ0) is 20.4. The molecule has 29 heavy (non-hydrogen) atoms. The molecule has 1 aromatic heterocycles. The first kappa shape index (κ1) is 20.1. The van der Waals surface area contributed by atoms with E-state index in [1.54, 1.807) is 18.5 Å². The van der Waals surface area contributed by atoms with E-state index in [1.807, 2.05) is 0 Å². The number of sulfonamides is 1. The van der Waals surface area contributed by atoms with Gasteiger partial charge in [0.25, 0.3) is 15.9 Å². The molecule has 0 bridgehead atoms. The van der Waals surface area contributed by atoms with Gasteiger partial charge in [0.05, 0.1) is 5.56 Å². The van der Waals surface area contributed by atoms with Crippen molar-refractivity contribution in [1.29, 1.82) is 0 Å². The average Bonchev–Trinajstić information content (AvgIpc) is 2.92. The van der Waals surface area contributed by atoms with Crippen molar-refractivity contribution in [2.75, 3.05) is 44.2 Å². The van der Waals surface area contributed by atoms with Gasteiger partial charge in [-0.25, -0.2) is 22.7 Å². The van der Waals surface area contributed by atoms with Crippen molar-refractivity contribution in [1.82, 2.24) is 19.2 Å². The Balaban J connectivity index is 1.25. The molecular formula is C19H22ClN5O3S. The molecule has 2 aromatic rings. The van der Waals surface area contributed by atoms with E-state index in [-0.39, 0.29) is 17.0 Å². The Labute approximate surface area is 175 Å². The minimum atomic E-state index is -3.80. The Morgan fingerprint density at radius 3 is 2.41 bits per heavy atom. The summed E-state index contributed by atoms with van der Waals surface area (Å²) in [5.41, 5.74) is 0.202. The van der Waals surface area contributed by atoms with Crippen molar-refractivity contribution in [2.45, 2.75) is 17.7 Å². The Hall–Kier alpha value is -2.23. The number of hydrogen-bond donors (Lipinski definition) is 0. The fourth-order valence-corrected chi connectivity index (χ4v) is 5.56. The van der Waals surface area contributed by atoms with Crippen LogP contribution < -0.4 is 4.90 Å². The van der Waals surface area contributed by atoms with Crippen LogP contribution in [0.3, 0.4) is 0 Å². The lowest BCUT2D eigenvalue weighted by molar-refractivity contribution is 0.0868. The van der Waals surface area contributed by atoms with Gasteiger partial charge < -0.3 is 4.90 Å². The summed E-state index contributed by atoms with van der Waals surface area (Å²) < 4.78 is 26.2. The summed E-state index contributed by atoms with van der Waals surface area (Å²) >= 11 is 5.90. The van der Waals surface area contributed by atoms with Crippen LogP contribution in [0.1, 0.15) is 23.2 Å². The Morgan fingerprint density at radius 1 is 1.00 bits per heavy atom. The second-order valence-corrected chi connectivity index (χ2v) is 9.37. The number of benzene rings is 1. The van der Waals surface area contributed by atoms with E-state index < -0.39 is 15.9 Å². The second-order valence-electron chi connectivity index (χ2n) is 7.11. The number of anilines is 1. The molecule has 2 aliphatic heterocycles. The molecule has 0 N–H and O–H groups in total. The molecule has 0 aliphatic carbocycles. The molecule has 10 heteroatoms. The van der Waals surface area contributed by atoms with Crippen LogP contribution in [0, 0.1) is 0 Å². The average molecular weight is 436 g/mol. The van der Waals surface area contributed by atoms with Gasteiger partial charge in [0, 0.05) is 50.1 Å². The molecule has 0 unspecified atom stereocenters. The number of nitrogens with zero attached hydrogens (tertiary/aromatic N) is 5. The molecule has 1 aromatic carbocycles. The van der Waals surface area contributed by atoms with E-state index in [4.69, 9.17) is 11.6 Å². The molecule has 1 saturated heterocycles. The molecule has 1 amide bonds. The number of piperazine rings is 1. The number of carbonyl (C=O) groups excluding carboxylic acids is 1. The van der Waals surface area contributed by atoms with Crippen molar-refractivity contribution in [3.8, 4) is 0 Å². The molecule has 0 radical (unpaired) electrons. The van der Waals surface area contributed by atoms with Crippen LogP contribution in [-0.4, -0.2) is 72.8 Å². The smallest absolute Gasteiger partial charge is 0.269 e. The summed E-state index contributed by atoms with van der Waals surface area (Å²) in [5.74, 6) is 0.290.